The summed E-state index contributed by atoms with van der Waals surface area (Å²) in [4.78, 5) is 0. The van der Waals surface area contributed by atoms with E-state index in [1.807, 2.05) is 0 Å². The Hall–Kier alpha value is -0.820. The first-order chi connectivity index (χ1) is 8.83. The predicted octanol–water partition coefficient (Wildman–Crippen LogP) is 4.31. The molecule has 0 amide bonds. The monoisotopic (exact) mass is 243 g/mol. The molecule has 2 saturated carbocycles. The van der Waals surface area contributed by atoms with Crippen molar-refractivity contribution in [3.05, 3.63) is 35.9 Å². The van der Waals surface area contributed by atoms with Crippen molar-refractivity contribution in [2.75, 3.05) is 0 Å². The Morgan fingerprint density at radius 1 is 0.944 bits per heavy atom. The van der Waals surface area contributed by atoms with Crippen LogP contribution >= 0.6 is 0 Å². The van der Waals surface area contributed by atoms with Crippen molar-refractivity contribution >= 4 is 0 Å². The molecule has 18 heavy (non-hydrogen) atoms. The highest BCUT2D eigenvalue weighted by Gasteiger charge is 2.34. The summed E-state index contributed by atoms with van der Waals surface area (Å²) in [5.41, 5.74) is 1.50. The third kappa shape index (κ3) is 2.95. The number of benzene rings is 1. The van der Waals surface area contributed by atoms with Gasteiger partial charge in [-0.25, -0.2) is 0 Å². The second kappa shape index (κ2) is 5.44. The third-order valence-corrected chi connectivity index (χ3v) is 4.68. The van der Waals surface area contributed by atoms with E-state index in [1.165, 1.54) is 44.1 Å². The normalized spacial score (nSPS) is 30.1. The van der Waals surface area contributed by atoms with E-state index < -0.39 is 0 Å². The van der Waals surface area contributed by atoms with E-state index >= 15 is 0 Å². The van der Waals surface area contributed by atoms with Crippen molar-refractivity contribution in [2.24, 2.45) is 11.8 Å². The second-order valence-electron chi connectivity index (χ2n) is 6.35. The first-order valence-electron chi connectivity index (χ1n) is 7.64. The molecule has 98 valence electrons. The van der Waals surface area contributed by atoms with E-state index in [4.69, 9.17) is 0 Å². The van der Waals surface area contributed by atoms with Crippen molar-refractivity contribution in [1.29, 1.82) is 0 Å². The van der Waals surface area contributed by atoms with Gasteiger partial charge < -0.3 is 5.32 Å². The SMILES string of the molecule is CC1CCC(NC(c2ccccc2)C2CC2)CC1. The smallest absolute Gasteiger partial charge is 0.0351 e. The van der Waals surface area contributed by atoms with Crippen molar-refractivity contribution in [1.82, 2.24) is 5.32 Å². The molecular formula is C17H25N. The highest BCUT2D eigenvalue weighted by Crippen LogP contribution is 2.42. The van der Waals surface area contributed by atoms with Gasteiger partial charge in [-0.05, 0) is 55.9 Å². The predicted molar refractivity (Wildman–Crippen MR) is 76.5 cm³/mol. The summed E-state index contributed by atoms with van der Waals surface area (Å²) in [6.07, 6.45) is 8.38. The molecule has 1 nitrogen and oxygen atoms in total. The molecule has 2 aliphatic carbocycles. The summed E-state index contributed by atoms with van der Waals surface area (Å²) in [6.45, 7) is 2.39. The van der Waals surface area contributed by atoms with Crippen LogP contribution in [-0.2, 0) is 0 Å². The number of rotatable bonds is 4. The van der Waals surface area contributed by atoms with Gasteiger partial charge in [-0.2, -0.15) is 0 Å². The molecule has 1 aromatic carbocycles. The summed E-state index contributed by atoms with van der Waals surface area (Å²) < 4.78 is 0. The molecule has 0 aliphatic heterocycles. The molecule has 2 fully saturated rings. The first-order valence-corrected chi connectivity index (χ1v) is 7.64. The lowest BCUT2D eigenvalue weighted by molar-refractivity contribution is 0.278. The van der Waals surface area contributed by atoms with Gasteiger partial charge >= 0.3 is 0 Å². The van der Waals surface area contributed by atoms with E-state index in [1.54, 1.807) is 0 Å². The topological polar surface area (TPSA) is 12.0 Å². The van der Waals surface area contributed by atoms with E-state index in [0.29, 0.717) is 6.04 Å². The summed E-state index contributed by atoms with van der Waals surface area (Å²) in [5.74, 6) is 1.84. The van der Waals surface area contributed by atoms with Crippen LogP contribution in [0.3, 0.4) is 0 Å². The summed E-state index contributed by atoms with van der Waals surface area (Å²) in [6, 6.07) is 12.4. The largest absolute Gasteiger partial charge is 0.307 e. The highest BCUT2D eigenvalue weighted by atomic mass is 15.0. The fraction of sp³-hybridized carbons (Fsp3) is 0.647. The van der Waals surface area contributed by atoms with Gasteiger partial charge in [0.15, 0.2) is 0 Å². The number of nitrogens with one attached hydrogen (secondary N) is 1. The Morgan fingerprint density at radius 2 is 1.61 bits per heavy atom. The molecule has 0 aromatic heterocycles. The zero-order valence-electron chi connectivity index (χ0n) is 11.4. The van der Waals surface area contributed by atoms with Crippen LogP contribution in [0.1, 0.15) is 57.1 Å². The van der Waals surface area contributed by atoms with Gasteiger partial charge in [0.1, 0.15) is 0 Å². The average Bonchev–Trinajstić information content (AvgIpc) is 3.23. The van der Waals surface area contributed by atoms with Gasteiger partial charge in [-0.15, -0.1) is 0 Å². The fourth-order valence-corrected chi connectivity index (χ4v) is 3.28. The lowest BCUT2D eigenvalue weighted by atomic mass is 9.86. The van der Waals surface area contributed by atoms with Crippen molar-refractivity contribution in [3.8, 4) is 0 Å². The van der Waals surface area contributed by atoms with Crippen LogP contribution in [0.5, 0.6) is 0 Å². The third-order valence-electron chi connectivity index (χ3n) is 4.68. The average molecular weight is 243 g/mol. The minimum absolute atomic E-state index is 0.615. The van der Waals surface area contributed by atoms with Crippen LogP contribution in [0.25, 0.3) is 0 Å². The molecule has 1 heteroatoms. The van der Waals surface area contributed by atoms with E-state index in [-0.39, 0.29) is 0 Å². The van der Waals surface area contributed by atoms with Crippen LogP contribution in [0, 0.1) is 11.8 Å². The Bertz CT molecular complexity index is 360. The maximum atomic E-state index is 3.95. The minimum atomic E-state index is 0.615. The van der Waals surface area contributed by atoms with Crippen LogP contribution in [0.4, 0.5) is 0 Å². The maximum absolute atomic E-state index is 3.95. The second-order valence-corrected chi connectivity index (χ2v) is 6.35. The van der Waals surface area contributed by atoms with Crippen molar-refractivity contribution in [2.45, 2.75) is 57.5 Å². The van der Waals surface area contributed by atoms with Gasteiger partial charge in [0.05, 0.1) is 0 Å². The highest BCUT2D eigenvalue weighted by molar-refractivity contribution is 5.21. The molecule has 2 aliphatic rings. The summed E-state index contributed by atoms with van der Waals surface area (Å²) in [7, 11) is 0. The van der Waals surface area contributed by atoms with Crippen molar-refractivity contribution < 1.29 is 0 Å². The van der Waals surface area contributed by atoms with Gasteiger partial charge in [-0.1, -0.05) is 37.3 Å². The quantitative estimate of drug-likeness (QED) is 0.831. The Kier molecular flexibility index (Phi) is 3.69. The molecule has 3 rings (SSSR count). The maximum Gasteiger partial charge on any atom is 0.0351 e. The van der Waals surface area contributed by atoms with E-state index in [0.717, 1.165) is 17.9 Å². The van der Waals surface area contributed by atoms with E-state index in [9.17, 15) is 0 Å². The fourth-order valence-electron chi connectivity index (χ4n) is 3.28. The molecule has 0 saturated heterocycles. The van der Waals surface area contributed by atoms with Gasteiger partial charge in [0.2, 0.25) is 0 Å². The summed E-state index contributed by atoms with van der Waals surface area (Å²) in [5, 5.41) is 3.95. The lowest BCUT2D eigenvalue weighted by Gasteiger charge is -2.31. The molecule has 0 radical (unpaired) electrons. The minimum Gasteiger partial charge on any atom is -0.307 e. The molecule has 1 atom stereocenters. The molecule has 0 spiro atoms. The van der Waals surface area contributed by atoms with E-state index in [2.05, 4.69) is 42.6 Å². The van der Waals surface area contributed by atoms with Crippen LogP contribution in [-0.4, -0.2) is 6.04 Å². The van der Waals surface area contributed by atoms with Gasteiger partial charge in [0.25, 0.3) is 0 Å². The molecule has 1 N–H and O–H groups in total. The molecule has 0 heterocycles. The van der Waals surface area contributed by atoms with Crippen LogP contribution in [0.15, 0.2) is 30.3 Å². The van der Waals surface area contributed by atoms with Crippen LogP contribution < -0.4 is 5.32 Å². The zero-order chi connectivity index (χ0) is 12.4. The van der Waals surface area contributed by atoms with Gasteiger partial charge in [-0.3, -0.25) is 0 Å². The lowest BCUT2D eigenvalue weighted by Crippen LogP contribution is -2.36. The number of hydrogen-bond acceptors (Lipinski definition) is 1. The standard InChI is InChI=1S/C17H25N/c1-13-7-11-16(12-8-13)18-17(15-9-10-15)14-5-3-2-4-6-14/h2-6,13,15-18H,7-12H2,1H3. The molecule has 1 aromatic rings. The summed E-state index contributed by atoms with van der Waals surface area (Å²) >= 11 is 0. The molecule has 1 unspecified atom stereocenters. The molecule has 0 bridgehead atoms. The first kappa shape index (κ1) is 12.2. The Balaban J connectivity index is 1.64. The Labute approximate surface area is 111 Å². The van der Waals surface area contributed by atoms with Crippen molar-refractivity contribution in [3.63, 3.8) is 0 Å². The zero-order valence-corrected chi connectivity index (χ0v) is 11.4. The Morgan fingerprint density at radius 3 is 2.22 bits per heavy atom. The van der Waals surface area contributed by atoms with Crippen LogP contribution in [0.2, 0.25) is 0 Å². The number of hydrogen-bond donors (Lipinski definition) is 1. The molecular weight excluding hydrogens is 218 g/mol. The van der Waals surface area contributed by atoms with Gasteiger partial charge in [0, 0.05) is 12.1 Å².